The lowest BCUT2D eigenvalue weighted by molar-refractivity contribution is -0.137. The third kappa shape index (κ3) is 5.86. The number of amides is 2. The molecule has 0 atom stereocenters. The minimum Gasteiger partial charge on any atom is -0.336 e. The quantitative estimate of drug-likeness (QED) is 0.555. The van der Waals surface area contributed by atoms with E-state index in [9.17, 15) is 27.2 Å². The molecule has 2 heterocycles. The van der Waals surface area contributed by atoms with Gasteiger partial charge in [0.15, 0.2) is 0 Å². The van der Waals surface area contributed by atoms with Crippen molar-refractivity contribution in [3.05, 3.63) is 77.2 Å². The number of nitrogens with one attached hydrogen (secondary N) is 1. The maximum Gasteiger partial charge on any atom is 0.416 e. The standard InChI is InChI=1S/C24H23F4N5O2/c1-16-14-21(33(30-16)20-8-6-19(25)7-9-20)29-22(34)15-31-10-12-32(13-11-31)23(35)17-2-4-18(5-3-17)24(26,27)28/h2-9,14H,10-13,15H2,1H3,(H,29,34). The van der Waals surface area contributed by atoms with E-state index in [0.29, 0.717) is 43.4 Å². The van der Waals surface area contributed by atoms with Crippen molar-refractivity contribution in [3.8, 4) is 5.69 Å². The number of hydrogen-bond acceptors (Lipinski definition) is 4. The molecule has 1 N–H and O–H groups in total. The summed E-state index contributed by atoms with van der Waals surface area (Å²) in [6, 6.07) is 11.6. The van der Waals surface area contributed by atoms with E-state index in [2.05, 4.69) is 10.4 Å². The average molecular weight is 489 g/mol. The molecule has 2 amide bonds. The number of piperazine rings is 1. The fraction of sp³-hybridized carbons (Fsp3) is 0.292. The van der Waals surface area contributed by atoms with Crippen LogP contribution in [0.1, 0.15) is 21.6 Å². The van der Waals surface area contributed by atoms with Crippen LogP contribution in [0.25, 0.3) is 5.69 Å². The summed E-state index contributed by atoms with van der Waals surface area (Å²) in [5.74, 6) is -0.535. The summed E-state index contributed by atoms with van der Waals surface area (Å²) in [4.78, 5) is 28.7. The maximum absolute atomic E-state index is 13.2. The molecule has 184 valence electrons. The fourth-order valence-electron chi connectivity index (χ4n) is 3.85. The van der Waals surface area contributed by atoms with E-state index in [1.165, 1.54) is 28.9 Å². The zero-order valence-corrected chi connectivity index (χ0v) is 18.8. The number of carbonyl (C=O) groups excluding carboxylic acids is 2. The molecule has 11 heteroatoms. The molecule has 35 heavy (non-hydrogen) atoms. The van der Waals surface area contributed by atoms with E-state index in [1.807, 2.05) is 4.90 Å². The van der Waals surface area contributed by atoms with Gasteiger partial charge in [-0.15, -0.1) is 0 Å². The number of hydrogen-bond donors (Lipinski definition) is 1. The van der Waals surface area contributed by atoms with Crippen molar-refractivity contribution in [1.82, 2.24) is 19.6 Å². The third-order valence-electron chi connectivity index (χ3n) is 5.66. The number of anilines is 1. The van der Waals surface area contributed by atoms with Gasteiger partial charge in [-0.2, -0.15) is 18.3 Å². The van der Waals surface area contributed by atoms with E-state index in [0.717, 1.165) is 12.1 Å². The smallest absolute Gasteiger partial charge is 0.336 e. The molecule has 0 spiro atoms. The van der Waals surface area contributed by atoms with Crippen molar-refractivity contribution >= 4 is 17.6 Å². The van der Waals surface area contributed by atoms with Gasteiger partial charge in [-0.05, 0) is 55.5 Å². The average Bonchev–Trinajstić information content (AvgIpc) is 3.18. The zero-order valence-electron chi connectivity index (χ0n) is 18.8. The SMILES string of the molecule is Cc1cc(NC(=O)CN2CCN(C(=O)c3ccc(C(F)(F)F)cc3)CC2)n(-c2ccc(F)cc2)n1. The van der Waals surface area contributed by atoms with Crippen molar-refractivity contribution in [3.63, 3.8) is 0 Å². The second-order valence-corrected chi connectivity index (χ2v) is 8.25. The first-order valence-corrected chi connectivity index (χ1v) is 10.9. The van der Waals surface area contributed by atoms with Crippen LogP contribution in [-0.2, 0) is 11.0 Å². The predicted molar refractivity (Wildman–Crippen MR) is 121 cm³/mol. The Hall–Kier alpha value is -3.73. The van der Waals surface area contributed by atoms with Crippen LogP contribution in [0.2, 0.25) is 0 Å². The van der Waals surface area contributed by atoms with Crippen LogP contribution in [-0.4, -0.2) is 64.1 Å². The lowest BCUT2D eigenvalue weighted by Crippen LogP contribution is -2.50. The molecule has 0 aliphatic carbocycles. The largest absolute Gasteiger partial charge is 0.416 e. The normalized spacial score (nSPS) is 14.7. The van der Waals surface area contributed by atoms with Crippen molar-refractivity contribution in [2.24, 2.45) is 0 Å². The van der Waals surface area contributed by atoms with Gasteiger partial charge in [0, 0.05) is 37.8 Å². The number of aromatic nitrogens is 2. The summed E-state index contributed by atoms with van der Waals surface area (Å²) in [5.41, 5.74) is 0.666. The van der Waals surface area contributed by atoms with Gasteiger partial charge in [0.2, 0.25) is 5.91 Å². The van der Waals surface area contributed by atoms with Crippen molar-refractivity contribution in [2.75, 3.05) is 38.0 Å². The molecule has 1 fully saturated rings. The molecule has 2 aromatic carbocycles. The highest BCUT2D eigenvalue weighted by atomic mass is 19.4. The molecule has 1 aromatic heterocycles. The molecule has 0 unspecified atom stereocenters. The van der Waals surface area contributed by atoms with Gasteiger partial charge in [-0.3, -0.25) is 14.5 Å². The van der Waals surface area contributed by atoms with E-state index < -0.39 is 11.7 Å². The van der Waals surface area contributed by atoms with Crippen molar-refractivity contribution < 1.29 is 27.2 Å². The number of halogens is 4. The molecular formula is C24H23F4N5O2. The first-order chi connectivity index (χ1) is 16.6. The number of rotatable bonds is 5. The van der Waals surface area contributed by atoms with Crippen LogP contribution in [0.3, 0.4) is 0 Å². The minimum absolute atomic E-state index is 0.0932. The van der Waals surface area contributed by atoms with Crippen LogP contribution < -0.4 is 5.32 Å². The Labute approximate surface area is 198 Å². The molecule has 0 radical (unpaired) electrons. The first-order valence-electron chi connectivity index (χ1n) is 10.9. The van der Waals surface area contributed by atoms with Crippen molar-refractivity contribution in [1.29, 1.82) is 0 Å². The van der Waals surface area contributed by atoms with Crippen LogP contribution >= 0.6 is 0 Å². The summed E-state index contributed by atoms with van der Waals surface area (Å²) in [6.45, 7) is 3.45. The Morgan fingerprint density at radius 2 is 1.60 bits per heavy atom. The molecule has 1 aliphatic rings. The van der Waals surface area contributed by atoms with Crippen LogP contribution in [0.15, 0.2) is 54.6 Å². The first kappa shape index (κ1) is 24.4. The molecular weight excluding hydrogens is 466 g/mol. The van der Waals surface area contributed by atoms with Gasteiger partial charge in [-0.1, -0.05) is 0 Å². The predicted octanol–water partition coefficient (Wildman–Crippen LogP) is 3.74. The molecule has 0 saturated carbocycles. The highest BCUT2D eigenvalue weighted by Gasteiger charge is 2.31. The number of alkyl halides is 3. The lowest BCUT2D eigenvalue weighted by Gasteiger charge is -2.34. The molecule has 7 nitrogen and oxygen atoms in total. The van der Waals surface area contributed by atoms with Gasteiger partial charge in [-0.25, -0.2) is 9.07 Å². The van der Waals surface area contributed by atoms with E-state index in [1.54, 1.807) is 30.0 Å². The van der Waals surface area contributed by atoms with Gasteiger partial charge >= 0.3 is 6.18 Å². The minimum atomic E-state index is -4.46. The van der Waals surface area contributed by atoms with Gasteiger partial charge in [0.25, 0.3) is 5.91 Å². The van der Waals surface area contributed by atoms with Gasteiger partial charge in [0.1, 0.15) is 11.6 Å². The summed E-state index contributed by atoms with van der Waals surface area (Å²) >= 11 is 0. The number of nitrogens with zero attached hydrogens (tertiary/aromatic N) is 4. The third-order valence-corrected chi connectivity index (χ3v) is 5.66. The Bertz CT molecular complexity index is 1200. The highest BCUT2D eigenvalue weighted by molar-refractivity contribution is 5.94. The number of benzene rings is 2. The fourth-order valence-corrected chi connectivity index (χ4v) is 3.85. The molecule has 1 aliphatic heterocycles. The summed E-state index contributed by atoms with van der Waals surface area (Å²) < 4.78 is 53.0. The Morgan fingerprint density at radius 3 is 2.20 bits per heavy atom. The monoisotopic (exact) mass is 489 g/mol. The molecule has 3 aromatic rings. The summed E-state index contributed by atoms with van der Waals surface area (Å²) in [5, 5.41) is 7.17. The van der Waals surface area contributed by atoms with E-state index in [4.69, 9.17) is 0 Å². The zero-order chi connectivity index (χ0) is 25.2. The summed E-state index contributed by atoms with van der Waals surface area (Å²) in [6.07, 6.45) is -4.46. The van der Waals surface area contributed by atoms with E-state index >= 15 is 0 Å². The lowest BCUT2D eigenvalue weighted by atomic mass is 10.1. The van der Waals surface area contributed by atoms with Crippen LogP contribution in [0, 0.1) is 12.7 Å². The van der Waals surface area contributed by atoms with Gasteiger partial charge in [0.05, 0.1) is 23.5 Å². The Morgan fingerprint density at radius 1 is 0.971 bits per heavy atom. The Kier molecular flexibility index (Phi) is 6.88. The topological polar surface area (TPSA) is 70.5 Å². The number of carbonyl (C=O) groups is 2. The molecule has 0 bridgehead atoms. The van der Waals surface area contributed by atoms with Gasteiger partial charge < -0.3 is 10.2 Å². The molecule has 1 saturated heterocycles. The highest BCUT2D eigenvalue weighted by Crippen LogP contribution is 2.29. The second kappa shape index (κ2) is 9.87. The Balaban J connectivity index is 1.31. The van der Waals surface area contributed by atoms with Crippen LogP contribution in [0.5, 0.6) is 0 Å². The number of aryl methyl sites for hydroxylation is 1. The molecule has 4 rings (SSSR count). The second-order valence-electron chi connectivity index (χ2n) is 8.25. The van der Waals surface area contributed by atoms with Crippen LogP contribution in [0.4, 0.5) is 23.4 Å². The maximum atomic E-state index is 13.2. The summed E-state index contributed by atoms with van der Waals surface area (Å²) in [7, 11) is 0. The van der Waals surface area contributed by atoms with E-state index in [-0.39, 0.29) is 29.7 Å². The van der Waals surface area contributed by atoms with Crippen molar-refractivity contribution in [2.45, 2.75) is 13.1 Å².